The van der Waals surface area contributed by atoms with Gasteiger partial charge in [0.2, 0.25) is 0 Å². The van der Waals surface area contributed by atoms with Crippen LogP contribution in [0.15, 0.2) is 163 Å². The van der Waals surface area contributed by atoms with Crippen LogP contribution in [0.3, 0.4) is 0 Å². The molecule has 0 saturated carbocycles. The Morgan fingerprint density at radius 3 is 2.00 bits per heavy atom. The van der Waals surface area contributed by atoms with Crippen LogP contribution in [0, 0.1) is 0 Å². The highest BCUT2D eigenvalue weighted by molar-refractivity contribution is 6.10. The summed E-state index contributed by atoms with van der Waals surface area (Å²) in [6.07, 6.45) is 7.62. The standard InChI is InChI=1S/C41H33NO/c1-41(2)36-23-9-10-24-38(36)42(35-21-7-4-8-22-35)39-25-13-18-32(28-37(39)41)31-17-12-20-34(27-31)40(43)33-19-11-16-30(26-33)29-14-5-3-6-15-29/h3-24,26-28H,25H2,1-2H3. The molecule has 0 atom stereocenters. The fraction of sp³-hybridized carbons (Fsp3) is 0.0976. The van der Waals surface area contributed by atoms with Crippen LogP contribution in [-0.4, -0.2) is 5.78 Å². The van der Waals surface area contributed by atoms with Crippen molar-refractivity contribution in [3.63, 3.8) is 0 Å². The second-order valence-electron chi connectivity index (χ2n) is 11.7. The molecule has 2 nitrogen and oxygen atoms in total. The minimum atomic E-state index is -0.195. The van der Waals surface area contributed by atoms with Crippen molar-refractivity contribution in [2.45, 2.75) is 25.7 Å². The Bertz CT molecular complexity index is 1930. The molecule has 43 heavy (non-hydrogen) atoms. The van der Waals surface area contributed by atoms with E-state index in [1.165, 1.54) is 22.5 Å². The number of para-hydroxylation sites is 2. The molecule has 0 unspecified atom stereocenters. The number of nitrogens with zero attached hydrogens (tertiary/aromatic N) is 1. The lowest BCUT2D eigenvalue weighted by Gasteiger charge is -2.43. The van der Waals surface area contributed by atoms with Crippen molar-refractivity contribution in [1.29, 1.82) is 0 Å². The summed E-state index contributed by atoms with van der Waals surface area (Å²) in [4.78, 5) is 16.2. The molecular formula is C41H33NO. The minimum Gasteiger partial charge on any atom is -0.313 e. The molecule has 0 radical (unpaired) electrons. The molecule has 2 heteroatoms. The molecule has 208 valence electrons. The largest absolute Gasteiger partial charge is 0.313 e. The highest BCUT2D eigenvalue weighted by atomic mass is 16.1. The summed E-state index contributed by atoms with van der Waals surface area (Å²) >= 11 is 0. The first kappa shape index (κ1) is 26.7. The first-order chi connectivity index (χ1) is 21.0. The molecule has 0 amide bonds. The van der Waals surface area contributed by atoms with Gasteiger partial charge in [0, 0.05) is 40.0 Å². The lowest BCUT2D eigenvalue weighted by molar-refractivity contribution is 0.103. The summed E-state index contributed by atoms with van der Waals surface area (Å²) in [5, 5.41) is 0. The van der Waals surface area contributed by atoms with Crippen LogP contribution < -0.4 is 4.90 Å². The molecule has 0 aromatic heterocycles. The van der Waals surface area contributed by atoms with Crippen molar-refractivity contribution in [3.8, 4) is 11.1 Å². The number of hydrogen-bond acceptors (Lipinski definition) is 2. The van der Waals surface area contributed by atoms with E-state index in [1.807, 2.05) is 54.6 Å². The maximum Gasteiger partial charge on any atom is 0.193 e. The Kier molecular flexibility index (Phi) is 6.75. The van der Waals surface area contributed by atoms with Gasteiger partial charge in [-0.05, 0) is 69.8 Å². The number of carbonyl (C=O) groups is 1. The van der Waals surface area contributed by atoms with Crippen molar-refractivity contribution in [2.24, 2.45) is 0 Å². The summed E-state index contributed by atoms with van der Waals surface area (Å²) < 4.78 is 0. The average Bonchev–Trinajstić information content (AvgIpc) is 3.30. The van der Waals surface area contributed by atoms with Crippen LogP contribution in [0.5, 0.6) is 0 Å². The fourth-order valence-corrected chi connectivity index (χ4v) is 6.46. The van der Waals surface area contributed by atoms with Gasteiger partial charge in [-0.2, -0.15) is 0 Å². The summed E-state index contributed by atoms with van der Waals surface area (Å²) in [6, 6.07) is 45.6. The van der Waals surface area contributed by atoms with E-state index in [2.05, 4.69) is 116 Å². The van der Waals surface area contributed by atoms with Crippen molar-refractivity contribution in [2.75, 3.05) is 4.90 Å². The molecule has 0 N–H and O–H groups in total. The van der Waals surface area contributed by atoms with Crippen LogP contribution >= 0.6 is 0 Å². The smallest absolute Gasteiger partial charge is 0.193 e. The number of benzene rings is 5. The molecule has 0 saturated heterocycles. The van der Waals surface area contributed by atoms with Gasteiger partial charge < -0.3 is 4.90 Å². The predicted octanol–water partition coefficient (Wildman–Crippen LogP) is 10.3. The van der Waals surface area contributed by atoms with Gasteiger partial charge in [-0.15, -0.1) is 0 Å². The van der Waals surface area contributed by atoms with E-state index in [-0.39, 0.29) is 11.2 Å². The normalized spacial score (nSPS) is 15.3. The van der Waals surface area contributed by atoms with E-state index in [4.69, 9.17) is 0 Å². The van der Waals surface area contributed by atoms with Crippen molar-refractivity contribution < 1.29 is 4.79 Å². The predicted molar refractivity (Wildman–Crippen MR) is 179 cm³/mol. The fourth-order valence-electron chi connectivity index (χ4n) is 6.46. The van der Waals surface area contributed by atoms with Gasteiger partial charge in [-0.3, -0.25) is 4.79 Å². The highest BCUT2D eigenvalue weighted by Gasteiger charge is 2.38. The quantitative estimate of drug-likeness (QED) is 0.201. The molecule has 2 aliphatic rings. The van der Waals surface area contributed by atoms with Crippen molar-refractivity contribution in [3.05, 3.63) is 185 Å². The van der Waals surface area contributed by atoms with E-state index in [0.29, 0.717) is 11.1 Å². The van der Waals surface area contributed by atoms with Gasteiger partial charge in [-0.1, -0.05) is 129 Å². The monoisotopic (exact) mass is 555 g/mol. The molecule has 0 spiro atoms. The summed E-state index contributed by atoms with van der Waals surface area (Å²) in [5.41, 5.74) is 11.7. The van der Waals surface area contributed by atoms with E-state index >= 15 is 0 Å². The number of allylic oxidation sites excluding steroid dienone is 5. The average molecular weight is 556 g/mol. The Labute approximate surface area is 254 Å². The van der Waals surface area contributed by atoms with E-state index in [1.54, 1.807) is 0 Å². The summed E-state index contributed by atoms with van der Waals surface area (Å²) in [7, 11) is 0. The van der Waals surface area contributed by atoms with Gasteiger partial charge in [0.05, 0.1) is 0 Å². The molecule has 7 rings (SSSR count). The number of anilines is 2. The Morgan fingerprint density at radius 2 is 1.26 bits per heavy atom. The number of hydrogen-bond donors (Lipinski definition) is 0. The molecule has 5 aromatic rings. The van der Waals surface area contributed by atoms with Crippen LogP contribution in [0.1, 0.15) is 47.3 Å². The van der Waals surface area contributed by atoms with Crippen LogP contribution in [0.4, 0.5) is 11.4 Å². The van der Waals surface area contributed by atoms with Gasteiger partial charge in [0.1, 0.15) is 0 Å². The first-order valence-electron chi connectivity index (χ1n) is 14.9. The topological polar surface area (TPSA) is 20.3 Å². The lowest BCUT2D eigenvalue weighted by atomic mass is 9.72. The number of fused-ring (bicyclic) bond motifs is 1. The SMILES string of the molecule is CC1(C)C2=C(CC=CC(c3cccc(C(=O)c4cccc(-c5ccccc5)c4)c3)=C2)N(c2ccccc2)c2ccccc21. The maximum atomic E-state index is 13.7. The third-order valence-corrected chi connectivity index (χ3v) is 8.69. The second kappa shape index (κ2) is 10.9. The van der Waals surface area contributed by atoms with Crippen molar-refractivity contribution >= 4 is 22.7 Å². The van der Waals surface area contributed by atoms with E-state index < -0.39 is 0 Å². The van der Waals surface area contributed by atoms with Gasteiger partial charge in [-0.25, -0.2) is 0 Å². The first-order valence-corrected chi connectivity index (χ1v) is 14.9. The highest BCUT2D eigenvalue weighted by Crippen LogP contribution is 2.50. The Balaban J connectivity index is 1.29. The zero-order valence-electron chi connectivity index (χ0n) is 24.5. The summed E-state index contributed by atoms with van der Waals surface area (Å²) in [5.74, 6) is 0.0277. The zero-order chi connectivity index (χ0) is 29.4. The zero-order valence-corrected chi connectivity index (χ0v) is 24.5. The number of rotatable bonds is 5. The van der Waals surface area contributed by atoms with Gasteiger partial charge in [0.15, 0.2) is 5.78 Å². The molecule has 0 fully saturated rings. The molecule has 0 bridgehead atoms. The number of ketones is 1. The summed E-state index contributed by atoms with van der Waals surface area (Å²) in [6.45, 7) is 4.64. The van der Waals surface area contributed by atoms with E-state index in [9.17, 15) is 4.79 Å². The maximum absolute atomic E-state index is 13.7. The molecule has 5 aromatic carbocycles. The van der Waals surface area contributed by atoms with Gasteiger partial charge >= 0.3 is 0 Å². The molecule has 1 heterocycles. The lowest BCUT2D eigenvalue weighted by Crippen LogP contribution is -2.33. The van der Waals surface area contributed by atoms with Gasteiger partial charge in [0.25, 0.3) is 0 Å². The molecular weight excluding hydrogens is 522 g/mol. The second-order valence-corrected chi connectivity index (χ2v) is 11.7. The van der Waals surface area contributed by atoms with Crippen molar-refractivity contribution in [1.82, 2.24) is 0 Å². The third kappa shape index (κ3) is 4.85. The molecule has 1 aliphatic heterocycles. The van der Waals surface area contributed by atoms with Crippen LogP contribution in [-0.2, 0) is 5.41 Å². The Hall–Kier alpha value is -5.21. The van der Waals surface area contributed by atoms with Crippen LogP contribution in [0.25, 0.3) is 16.7 Å². The number of carbonyl (C=O) groups excluding carboxylic acids is 1. The third-order valence-electron chi connectivity index (χ3n) is 8.69. The Morgan fingerprint density at radius 1 is 0.651 bits per heavy atom. The molecule has 1 aliphatic carbocycles. The minimum absolute atomic E-state index is 0.0277. The van der Waals surface area contributed by atoms with E-state index in [0.717, 1.165) is 34.4 Å². The van der Waals surface area contributed by atoms with Crippen LogP contribution in [0.2, 0.25) is 0 Å².